The van der Waals surface area contributed by atoms with Gasteiger partial charge in [0.25, 0.3) is 0 Å². The molecule has 1 unspecified atom stereocenters. The number of fused-ring (bicyclic) bond motifs is 1. The van der Waals surface area contributed by atoms with Gasteiger partial charge in [-0.1, -0.05) is 17.8 Å². The van der Waals surface area contributed by atoms with Crippen molar-refractivity contribution in [1.82, 2.24) is 30.0 Å². The SMILES string of the molecule is Cc1nnc2sc(CCC(=O)NCC(C)N3CCCCC3)nn12. The van der Waals surface area contributed by atoms with E-state index >= 15 is 0 Å². The molecule has 0 radical (unpaired) electrons. The summed E-state index contributed by atoms with van der Waals surface area (Å²) in [5.41, 5.74) is 0. The molecule has 8 heteroatoms. The minimum atomic E-state index is 0.0940. The summed E-state index contributed by atoms with van der Waals surface area (Å²) < 4.78 is 1.73. The first kappa shape index (κ1) is 16.3. The van der Waals surface area contributed by atoms with Crippen molar-refractivity contribution in [3.8, 4) is 0 Å². The number of nitrogens with one attached hydrogen (secondary N) is 1. The first-order chi connectivity index (χ1) is 11.1. The minimum Gasteiger partial charge on any atom is -0.355 e. The van der Waals surface area contributed by atoms with Gasteiger partial charge in [0, 0.05) is 25.4 Å². The zero-order chi connectivity index (χ0) is 16.2. The first-order valence-electron chi connectivity index (χ1n) is 8.32. The standard InChI is InChI=1S/C15H24N6OS/c1-11(20-8-4-3-5-9-20)10-16-13(22)6-7-14-19-21-12(2)17-18-15(21)23-14/h11H,3-10H2,1-2H3,(H,16,22). The Hall–Kier alpha value is -1.54. The van der Waals surface area contributed by atoms with Crippen LogP contribution >= 0.6 is 11.3 Å². The number of carbonyl (C=O) groups excluding carboxylic acids is 1. The van der Waals surface area contributed by atoms with E-state index in [1.807, 2.05) is 6.92 Å². The van der Waals surface area contributed by atoms with Crippen molar-refractivity contribution in [3.63, 3.8) is 0 Å². The lowest BCUT2D eigenvalue weighted by Gasteiger charge is -2.32. The normalized spacial score (nSPS) is 17.5. The molecule has 1 amide bonds. The fraction of sp³-hybridized carbons (Fsp3) is 0.733. The zero-order valence-corrected chi connectivity index (χ0v) is 14.6. The van der Waals surface area contributed by atoms with Crippen LogP contribution in [0.25, 0.3) is 4.96 Å². The van der Waals surface area contributed by atoms with Crippen LogP contribution in [-0.4, -0.2) is 56.3 Å². The number of likely N-dealkylation sites (tertiary alicyclic amines) is 1. The number of hydrogen-bond donors (Lipinski definition) is 1. The average molecular weight is 336 g/mol. The molecule has 23 heavy (non-hydrogen) atoms. The van der Waals surface area contributed by atoms with Crippen LogP contribution in [0.5, 0.6) is 0 Å². The van der Waals surface area contributed by atoms with Crippen LogP contribution in [0, 0.1) is 6.92 Å². The second-order valence-corrected chi connectivity index (χ2v) is 7.23. The van der Waals surface area contributed by atoms with Gasteiger partial charge < -0.3 is 5.32 Å². The topological polar surface area (TPSA) is 75.4 Å². The number of aromatic nitrogens is 4. The highest BCUT2D eigenvalue weighted by Gasteiger charge is 2.17. The first-order valence-corrected chi connectivity index (χ1v) is 9.13. The molecular weight excluding hydrogens is 312 g/mol. The van der Waals surface area contributed by atoms with E-state index < -0.39 is 0 Å². The molecule has 0 aliphatic carbocycles. The van der Waals surface area contributed by atoms with Gasteiger partial charge in [0.2, 0.25) is 10.9 Å². The molecule has 0 spiro atoms. The van der Waals surface area contributed by atoms with Crippen LogP contribution in [0.3, 0.4) is 0 Å². The van der Waals surface area contributed by atoms with Crippen molar-refractivity contribution >= 4 is 22.2 Å². The van der Waals surface area contributed by atoms with Crippen LogP contribution in [-0.2, 0) is 11.2 Å². The third-order valence-electron chi connectivity index (χ3n) is 4.36. The zero-order valence-electron chi connectivity index (χ0n) is 13.8. The fourth-order valence-corrected chi connectivity index (χ4v) is 3.79. The van der Waals surface area contributed by atoms with E-state index in [1.165, 1.54) is 30.6 Å². The number of hydrogen-bond acceptors (Lipinski definition) is 6. The molecule has 0 aromatic carbocycles. The third-order valence-corrected chi connectivity index (χ3v) is 5.32. The summed E-state index contributed by atoms with van der Waals surface area (Å²) in [5, 5.41) is 16.4. The minimum absolute atomic E-state index is 0.0940. The Labute approximate surface area is 140 Å². The predicted octanol–water partition coefficient (Wildman–Crippen LogP) is 1.42. The Morgan fingerprint density at radius 1 is 1.30 bits per heavy atom. The van der Waals surface area contributed by atoms with Crippen molar-refractivity contribution < 1.29 is 4.79 Å². The second kappa shape index (κ2) is 7.35. The second-order valence-electron chi connectivity index (χ2n) is 6.19. The molecule has 1 aliphatic rings. The van der Waals surface area contributed by atoms with Gasteiger partial charge >= 0.3 is 0 Å². The van der Waals surface area contributed by atoms with Gasteiger partial charge in [-0.2, -0.15) is 9.61 Å². The summed E-state index contributed by atoms with van der Waals surface area (Å²) in [6.07, 6.45) is 5.01. The number of amides is 1. The highest BCUT2D eigenvalue weighted by molar-refractivity contribution is 7.16. The fourth-order valence-electron chi connectivity index (χ4n) is 2.91. The van der Waals surface area contributed by atoms with E-state index in [0.29, 0.717) is 18.9 Å². The molecule has 1 saturated heterocycles. The Kier molecular flexibility index (Phi) is 5.22. The highest BCUT2D eigenvalue weighted by Crippen LogP contribution is 2.15. The maximum atomic E-state index is 12.0. The summed E-state index contributed by atoms with van der Waals surface area (Å²) in [6.45, 7) is 7.10. The quantitative estimate of drug-likeness (QED) is 0.863. The molecule has 1 aliphatic heterocycles. The van der Waals surface area contributed by atoms with Gasteiger partial charge in [-0.25, -0.2) is 0 Å². The molecule has 3 rings (SSSR count). The monoisotopic (exact) mass is 336 g/mol. The molecule has 2 aromatic heterocycles. The summed E-state index contributed by atoms with van der Waals surface area (Å²) in [5.74, 6) is 0.874. The molecule has 1 N–H and O–H groups in total. The van der Waals surface area contributed by atoms with Crippen molar-refractivity contribution in [3.05, 3.63) is 10.8 Å². The van der Waals surface area contributed by atoms with Gasteiger partial charge in [-0.15, -0.1) is 10.2 Å². The summed E-state index contributed by atoms with van der Waals surface area (Å²) in [6, 6.07) is 0.413. The molecular formula is C15H24N6OS. The summed E-state index contributed by atoms with van der Waals surface area (Å²) in [7, 11) is 0. The van der Waals surface area contributed by atoms with Crippen LogP contribution in [0.2, 0.25) is 0 Å². The summed E-state index contributed by atoms with van der Waals surface area (Å²) >= 11 is 1.50. The smallest absolute Gasteiger partial charge is 0.234 e. The Morgan fingerprint density at radius 3 is 2.83 bits per heavy atom. The lowest BCUT2D eigenvalue weighted by Crippen LogP contribution is -2.44. The summed E-state index contributed by atoms with van der Waals surface area (Å²) in [4.78, 5) is 15.3. The van der Waals surface area contributed by atoms with Crippen LogP contribution < -0.4 is 5.32 Å². The van der Waals surface area contributed by atoms with Gasteiger partial charge in [-0.3, -0.25) is 9.69 Å². The Bertz CT molecular complexity index is 660. The van der Waals surface area contributed by atoms with Gasteiger partial charge in [0.1, 0.15) is 5.01 Å². The van der Waals surface area contributed by atoms with Crippen molar-refractivity contribution in [1.29, 1.82) is 0 Å². The highest BCUT2D eigenvalue weighted by atomic mass is 32.1. The largest absolute Gasteiger partial charge is 0.355 e. The van der Waals surface area contributed by atoms with E-state index in [1.54, 1.807) is 4.52 Å². The van der Waals surface area contributed by atoms with E-state index in [2.05, 4.69) is 32.4 Å². The number of aryl methyl sites for hydroxylation is 2. The van der Waals surface area contributed by atoms with Gasteiger partial charge in [0.05, 0.1) is 0 Å². The third kappa shape index (κ3) is 4.06. The van der Waals surface area contributed by atoms with Gasteiger partial charge in [-0.05, 0) is 39.8 Å². The lowest BCUT2D eigenvalue weighted by atomic mass is 10.1. The van der Waals surface area contributed by atoms with Crippen molar-refractivity contribution in [2.24, 2.45) is 0 Å². The van der Waals surface area contributed by atoms with Crippen LogP contribution in [0.4, 0.5) is 0 Å². The molecule has 3 heterocycles. The number of carbonyl (C=O) groups is 1. The van der Waals surface area contributed by atoms with Crippen molar-refractivity contribution in [2.75, 3.05) is 19.6 Å². The van der Waals surface area contributed by atoms with E-state index in [4.69, 9.17) is 0 Å². The Balaban J connectivity index is 1.42. The predicted molar refractivity (Wildman–Crippen MR) is 89.6 cm³/mol. The van der Waals surface area contributed by atoms with Crippen LogP contribution in [0.1, 0.15) is 43.4 Å². The number of piperidine rings is 1. The molecule has 7 nitrogen and oxygen atoms in total. The maximum absolute atomic E-state index is 12.0. The number of nitrogens with zero attached hydrogens (tertiary/aromatic N) is 5. The van der Waals surface area contributed by atoms with E-state index in [9.17, 15) is 4.79 Å². The Morgan fingerprint density at radius 2 is 2.09 bits per heavy atom. The number of rotatable bonds is 6. The molecule has 1 atom stereocenters. The van der Waals surface area contributed by atoms with Crippen molar-refractivity contribution in [2.45, 2.75) is 52.0 Å². The lowest BCUT2D eigenvalue weighted by molar-refractivity contribution is -0.121. The molecule has 0 saturated carbocycles. The molecule has 0 bridgehead atoms. The average Bonchev–Trinajstić information content (AvgIpc) is 3.13. The maximum Gasteiger partial charge on any atom is 0.234 e. The van der Waals surface area contributed by atoms with E-state index in [0.717, 1.165) is 35.4 Å². The molecule has 126 valence electrons. The van der Waals surface area contributed by atoms with Gasteiger partial charge in [0.15, 0.2) is 5.82 Å². The van der Waals surface area contributed by atoms with E-state index in [-0.39, 0.29) is 5.91 Å². The van der Waals surface area contributed by atoms with Crippen LogP contribution in [0.15, 0.2) is 0 Å². The molecule has 1 fully saturated rings. The molecule has 2 aromatic rings.